The van der Waals surface area contributed by atoms with Gasteiger partial charge in [-0.15, -0.1) is 0 Å². The maximum atomic E-state index is 12.3. The van der Waals surface area contributed by atoms with Gasteiger partial charge in [-0.1, -0.05) is 23.9 Å². The number of aromatic nitrogens is 2. The number of amides is 1. The maximum absolute atomic E-state index is 12.3. The van der Waals surface area contributed by atoms with Crippen LogP contribution in [-0.2, 0) is 4.74 Å². The normalized spacial score (nSPS) is 10.5. The minimum absolute atomic E-state index is 0.162. The average Bonchev–Trinajstić information content (AvgIpc) is 3.05. The number of carbonyl (C=O) groups is 2. The Morgan fingerprint density at radius 1 is 1.17 bits per heavy atom. The minimum atomic E-state index is -0.362. The van der Waals surface area contributed by atoms with Gasteiger partial charge in [0.2, 0.25) is 0 Å². The van der Waals surface area contributed by atoms with Gasteiger partial charge in [0.25, 0.3) is 0 Å². The van der Waals surface area contributed by atoms with E-state index in [0.29, 0.717) is 30.3 Å². The molecule has 128 valence electrons. The summed E-state index contributed by atoms with van der Waals surface area (Å²) in [6.45, 7) is 7.21. The van der Waals surface area contributed by atoms with E-state index in [-0.39, 0.29) is 12.0 Å². The van der Waals surface area contributed by atoms with Crippen LogP contribution in [0.25, 0.3) is 0 Å². The summed E-state index contributed by atoms with van der Waals surface area (Å²) in [5.74, 6) is -0.362. The van der Waals surface area contributed by atoms with E-state index in [9.17, 15) is 9.59 Å². The van der Waals surface area contributed by atoms with Gasteiger partial charge in [0.05, 0.1) is 12.2 Å². The van der Waals surface area contributed by atoms with Gasteiger partial charge in [-0.05, 0) is 39.0 Å². The highest BCUT2D eigenvalue weighted by Crippen LogP contribution is 2.29. The molecule has 0 aliphatic rings. The van der Waals surface area contributed by atoms with Crippen LogP contribution in [0.15, 0.2) is 46.5 Å². The molecule has 0 bridgehead atoms. The summed E-state index contributed by atoms with van der Waals surface area (Å²) in [6, 6.07) is 8.79. The Balaban J connectivity index is 2.19. The highest BCUT2D eigenvalue weighted by Gasteiger charge is 2.16. The lowest BCUT2D eigenvalue weighted by Crippen LogP contribution is -2.34. The smallest absolute Gasteiger partial charge is 0.344 e. The fourth-order valence-electron chi connectivity index (χ4n) is 2.15. The van der Waals surface area contributed by atoms with Crippen molar-refractivity contribution in [1.82, 2.24) is 14.7 Å². The molecule has 0 spiro atoms. The zero-order chi connectivity index (χ0) is 17.5. The second-order valence-corrected chi connectivity index (χ2v) is 5.93. The summed E-state index contributed by atoms with van der Waals surface area (Å²) in [6.07, 6.45) is 1.63. The number of hydrogen-bond donors (Lipinski definition) is 0. The summed E-state index contributed by atoms with van der Waals surface area (Å²) < 4.78 is 6.39. The third-order valence-electron chi connectivity index (χ3n) is 3.39. The molecule has 0 atom stereocenters. The second kappa shape index (κ2) is 8.54. The van der Waals surface area contributed by atoms with Crippen LogP contribution in [0.2, 0.25) is 0 Å². The van der Waals surface area contributed by atoms with Crippen LogP contribution in [-0.4, -0.2) is 46.4 Å². The van der Waals surface area contributed by atoms with E-state index in [4.69, 9.17) is 4.74 Å². The van der Waals surface area contributed by atoms with E-state index >= 15 is 0 Å². The number of rotatable bonds is 6. The summed E-state index contributed by atoms with van der Waals surface area (Å²) in [7, 11) is 0. The van der Waals surface area contributed by atoms with Crippen molar-refractivity contribution in [2.75, 3.05) is 19.7 Å². The van der Waals surface area contributed by atoms with Crippen LogP contribution in [0.1, 0.15) is 31.1 Å². The highest BCUT2D eigenvalue weighted by molar-refractivity contribution is 7.99. The fourth-order valence-corrected chi connectivity index (χ4v) is 3.04. The van der Waals surface area contributed by atoms with Crippen LogP contribution in [0.4, 0.5) is 4.79 Å². The van der Waals surface area contributed by atoms with E-state index in [0.717, 1.165) is 4.90 Å². The highest BCUT2D eigenvalue weighted by atomic mass is 32.2. The maximum Gasteiger partial charge on any atom is 0.344 e. The number of hydrogen-bond acceptors (Lipinski definition) is 5. The van der Waals surface area contributed by atoms with Crippen molar-refractivity contribution >= 4 is 23.8 Å². The Morgan fingerprint density at radius 2 is 1.88 bits per heavy atom. The Kier molecular flexibility index (Phi) is 6.43. The molecule has 24 heavy (non-hydrogen) atoms. The van der Waals surface area contributed by atoms with E-state index in [2.05, 4.69) is 5.10 Å². The molecule has 0 aliphatic heterocycles. The molecular weight excluding hydrogens is 326 g/mol. The molecule has 1 heterocycles. The largest absolute Gasteiger partial charge is 0.462 e. The fraction of sp³-hybridized carbons (Fsp3) is 0.353. The van der Waals surface area contributed by atoms with Crippen LogP contribution >= 0.6 is 11.8 Å². The minimum Gasteiger partial charge on any atom is -0.462 e. The first-order valence-corrected chi connectivity index (χ1v) is 8.71. The Bertz CT molecular complexity index is 711. The van der Waals surface area contributed by atoms with Gasteiger partial charge in [-0.25, -0.2) is 9.59 Å². The van der Waals surface area contributed by atoms with Crippen molar-refractivity contribution in [2.24, 2.45) is 0 Å². The van der Waals surface area contributed by atoms with E-state index in [1.807, 2.05) is 26.0 Å². The molecule has 0 fully saturated rings. The molecule has 0 saturated carbocycles. The lowest BCUT2D eigenvalue weighted by Gasteiger charge is -2.17. The van der Waals surface area contributed by atoms with Crippen molar-refractivity contribution in [3.63, 3.8) is 0 Å². The van der Waals surface area contributed by atoms with E-state index < -0.39 is 0 Å². The van der Waals surface area contributed by atoms with Gasteiger partial charge >= 0.3 is 12.0 Å². The quantitative estimate of drug-likeness (QED) is 0.748. The third kappa shape index (κ3) is 4.17. The SMILES string of the molecule is CCOC(=O)c1ccccc1Sc1ccn(C(=O)N(CC)CC)n1. The Hall–Kier alpha value is -2.28. The molecule has 0 radical (unpaired) electrons. The van der Waals surface area contributed by atoms with Crippen molar-refractivity contribution in [2.45, 2.75) is 30.7 Å². The van der Waals surface area contributed by atoms with Crippen LogP contribution in [0.3, 0.4) is 0 Å². The molecule has 0 saturated heterocycles. The number of carbonyl (C=O) groups excluding carboxylic acids is 2. The molecule has 6 nitrogen and oxygen atoms in total. The summed E-state index contributed by atoms with van der Waals surface area (Å²) in [5, 5.41) is 4.95. The molecule has 1 aromatic carbocycles. The lowest BCUT2D eigenvalue weighted by molar-refractivity contribution is 0.0522. The molecule has 2 aromatic rings. The Labute approximate surface area is 145 Å². The molecular formula is C17H21N3O3S. The standard InChI is InChI=1S/C17H21N3O3S/c1-4-19(5-2)17(22)20-12-11-15(18-20)24-14-10-8-7-9-13(14)16(21)23-6-3/h7-12H,4-6H2,1-3H3. The molecule has 1 aromatic heterocycles. The molecule has 7 heteroatoms. The summed E-state index contributed by atoms with van der Waals surface area (Å²) >= 11 is 1.33. The predicted molar refractivity (Wildman–Crippen MR) is 92.5 cm³/mol. The van der Waals surface area contributed by atoms with Crippen molar-refractivity contribution in [3.05, 3.63) is 42.1 Å². The molecule has 1 amide bonds. The second-order valence-electron chi connectivity index (χ2n) is 4.87. The van der Waals surface area contributed by atoms with E-state index in [1.54, 1.807) is 36.2 Å². The van der Waals surface area contributed by atoms with Gasteiger partial charge in [0.15, 0.2) is 0 Å². The topological polar surface area (TPSA) is 64.4 Å². The molecule has 0 aliphatic carbocycles. The zero-order valence-corrected chi connectivity index (χ0v) is 14.9. The van der Waals surface area contributed by atoms with Crippen LogP contribution in [0.5, 0.6) is 0 Å². The van der Waals surface area contributed by atoms with E-state index in [1.165, 1.54) is 16.4 Å². The van der Waals surface area contributed by atoms with Crippen molar-refractivity contribution in [1.29, 1.82) is 0 Å². The van der Waals surface area contributed by atoms with Gasteiger partial charge in [-0.2, -0.15) is 9.78 Å². The molecule has 0 N–H and O–H groups in total. The number of benzene rings is 1. The number of esters is 1. The van der Waals surface area contributed by atoms with Crippen LogP contribution < -0.4 is 0 Å². The Morgan fingerprint density at radius 3 is 2.54 bits per heavy atom. The van der Waals surface area contributed by atoms with Crippen molar-refractivity contribution in [3.8, 4) is 0 Å². The van der Waals surface area contributed by atoms with Gasteiger partial charge in [-0.3, -0.25) is 0 Å². The van der Waals surface area contributed by atoms with Gasteiger partial charge < -0.3 is 9.64 Å². The first kappa shape index (κ1) is 18.1. The third-order valence-corrected chi connectivity index (χ3v) is 4.39. The first-order valence-electron chi connectivity index (χ1n) is 7.89. The summed E-state index contributed by atoms with van der Waals surface area (Å²) in [4.78, 5) is 26.7. The first-order chi connectivity index (χ1) is 11.6. The van der Waals surface area contributed by atoms with Gasteiger partial charge in [0, 0.05) is 24.2 Å². The molecule has 0 unspecified atom stereocenters. The number of ether oxygens (including phenoxy) is 1. The molecule has 2 rings (SSSR count). The lowest BCUT2D eigenvalue weighted by atomic mass is 10.2. The van der Waals surface area contributed by atoms with Crippen LogP contribution in [0, 0.1) is 0 Å². The predicted octanol–water partition coefficient (Wildman–Crippen LogP) is 3.52. The monoisotopic (exact) mass is 347 g/mol. The zero-order valence-electron chi connectivity index (χ0n) is 14.1. The van der Waals surface area contributed by atoms with Crippen molar-refractivity contribution < 1.29 is 14.3 Å². The van der Waals surface area contributed by atoms with Gasteiger partial charge in [0.1, 0.15) is 5.03 Å². The average molecular weight is 347 g/mol. The number of nitrogens with zero attached hydrogens (tertiary/aromatic N) is 3. The summed E-state index contributed by atoms with van der Waals surface area (Å²) in [5.41, 5.74) is 0.494.